The lowest BCUT2D eigenvalue weighted by Gasteiger charge is -2.24. The van der Waals surface area contributed by atoms with Crippen LogP contribution in [0.4, 0.5) is 11.5 Å². The fourth-order valence-electron chi connectivity index (χ4n) is 3.70. The molecule has 5 rings (SSSR count). The van der Waals surface area contributed by atoms with Gasteiger partial charge in [-0.3, -0.25) is 0 Å². The maximum atomic E-state index is 6.29. The molecule has 4 aromatic rings. The maximum absolute atomic E-state index is 6.29. The number of halogens is 1. The van der Waals surface area contributed by atoms with Crippen LogP contribution in [-0.2, 0) is 6.42 Å². The first-order chi connectivity index (χ1) is 12.7. The molecule has 1 aliphatic rings. The number of hydrogen-bond donors (Lipinski definition) is 0. The lowest BCUT2D eigenvalue weighted by atomic mass is 10.1. The van der Waals surface area contributed by atoms with Crippen LogP contribution in [0.15, 0.2) is 60.7 Å². The third kappa shape index (κ3) is 2.49. The Morgan fingerprint density at radius 2 is 1.81 bits per heavy atom. The summed E-state index contributed by atoms with van der Waals surface area (Å²) < 4.78 is 0. The number of fused-ring (bicyclic) bond motifs is 2. The van der Waals surface area contributed by atoms with Crippen LogP contribution in [0.3, 0.4) is 0 Å². The van der Waals surface area contributed by atoms with E-state index >= 15 is 0 Å². The van der Waals surface area contributed by atoms with Gasteiger partial charge in [-0.2, -0.15) is 4.98 Å². The largest absolute Gasteiger partial charge is 0.322 e. The molecule has 0 aliphatic carbocycles. The Morgan fingerprint density at radius 1 is 1.04 bits per heavy atom. The topological polar surface area (TPSA) is 29.0 Å². The predicted molar refractivity (Wildman–Crippen MR) is 110 cm³/mol. The highest BCUT2D eigenvalue weighted by Gasteiger charge is 2.30. The van der Waals surface area contributed by atoms with Crippen molar-refractivity contribution in [3.8, 4) is 10.4 Å². The van der Waals surface area contributed by atoms with Gasteiger partial charge in [0.2, 0.25) is 5.28 Å². The minimum atomic E-state index is 0.297. The summed E-state index contributed by atoms with van der Waals surface area (Å²) in [5.41, 5.74) is 3.75. The van der Waals surface area contributed by atoms with E-state index in [2.05, 4.69) is 76.4 Å². The lowest BCUT2D eigenvalue weighted by molar-refractivity contribution is 0.752. The molecule has 2 aromatic heterocycles. The van der Waals surface area contributed by atoms with Gasteiger partial charge in [-0.05, 0) is 48.2 Å². The number of aromatic nitrogens is 2. The standard InChI is InChI=1S/C21H16ClN3S/c1-13-11-15-9-5-6-10-17(15)25(13)19-16-12-18(14-7-3-2-4-8-14)26-20(16)24-21(22)23-19/h2-10,12-13H,11H2,1H3. The maximum Gasteiger partial charge on any atom is 0.225 e. The van der Waals surface area contributed by atoms with Crippen molar-refractivity contribution in [2.45, 2.75) is 19.4 Å². The van der Waals surface area contributed by atoms with Crippen LogP contribution in [-0.4, -0.2) is 16.0 Å². The SMILES string of the molecule is CC1Cc2ccccc2N1c1nc(Cl)nc2sc(-c3ccccc3)cc12. The van der Waals surface area contributed by atoms with Crippen LogP contribution < -0.4 is 4.90 Å². The van der Waals surface area contributed by atoms with Crippen molar-refractivity contribution in [1.82, 2.24) is 9.97 Å². The van der Waals surface area contributed by atoms with Gasteiger partial charge in [-0.15, -0.1) is 11.3 Å². The molecule has 5 heteroatoms. The van der Waals surface area contributed by atoms with Gasteiger partial charge in [0.1, 0.15) is 10.6 Å². The van der Waals surface area contributed by atoms with Crippen molar-refractivity contribution < 1.29 is 0 Å². The summed E-state index contributed by atoms with van der Waals surface area (Å²) in [5, 5.41) is 1.35. The van der Waals surface area contributed by atoms with Crippen LogP contribution in [0.25, 0.3) is 20.7 Å². The second-order valence-electron chi connectivity index (χ2n) is 6.56. The molecule has 2 aromatic carbocycles. The average Bonchev–Trinajstić information content (AvgIpc) is 3.22. The number of nitrogens with zero attached hydrogens (tertiary/aromatic N) is 3. The smallest absolute Gasteiger partial charge is 0.225 e. The fourth-order valence-corrected chi connectivity index (χ4v) is 4.94. The van der Waals surface area contributed by atoms with Crippen molar-refractivity contribution in [3.63, 3.8) is 0 Å². The Labute approximate surface area is 160 Å². The Kier molecular flexibility index (Phi) is 3.69. The molecule has 0 radical (unpaired) electrons. The normalized spacial score (nSPS) is 16.2. The predicted octanol–water partition coefficient (Wildman–Crippen LogP) is 6.09. The summed E-state index contributed by atoms with van der Waals surface area (Å²) in [6, 6.07) is 21.4. The van der Waals surface area contributed by atoms with Crippen LogP contribution in [0.2, 0.25) is 5.28 Å². The minimum absolute atomic E-state index is 0.297. The van der Waals surface area contributed by atoms with Crippen LogP contribution in [0.5, 0.6) is 0 Å². The monoisotopic (exact) mass is 377 g/mol. The summed E-state index contributed by atoms with van der Waals surface area (Å²) in [7, 11) is 0. The third-order valence-electron chi connectivity index (χ3n) is 4.84. The summed E-state index contributed by atoms with van der Waals surface area (Å²) in [4.78, 5) is 13.5. The Morgan fingerprint density at radius 3 is 2.65 bits per heavy atom. The van der Waals surface area contributed by atoms with Gasteiger partial charge in [0.05, 0.1) is 5.39 Å². The molecule has 0 saturated carbocycles. The number of hydrogen-bond acceptors (Lipinski definition) is 4. The molecule has 128 valence electrons. The van der Waals surface area contributed by atoms with Gasteiger partial charge < -0.3 is 4.90 Å². The van der Waals surface area contributed by atoms with E-state index in [0.29, 0.717) is 11.3 Å². The molecule has 0 saturated heterocycles. The van der Waals surface area contributed by atoms with E-state index in [4.69, 9.17) is 11.6 Å². The Balaban J connectivity index is 1.72. The highest BCUT2D eigenvalue weighted by Crippen LogP contribution is 2.43. The summed E-state index contributed by atoms with van der Waals surface area (Å²) >= 11 is 7.95. The van der Waals surface area contributed by atoms with Crippen molar-refractivity contribution >= 4 is 44.7 Å². The van der Waals surface area contributed by atoms with E-state index in [1.54, 1.807) is 11.3 Å². The van der Waals surface area contributed by atoms with Crippen LogP contribution in [0, 0.1) is 0 Å². The number of rotatable bonds is 2. The molecular weight excluding hydrogens is 362 g/mol. The molecule has 0 N–H and O–H groups in total. The van der Waals surface area contributed by atoms with E-state index in [1.807, 2.05) is 6.07 Å². The molecule has 0 fully saturated rings. The zero-order chi connectivity index (χ0) is 17.7. The summed E-state index contributed by atoms with van der Waals surface area (Å²) in [5.74, 6) is 0.899. The first-order valence-corrected chi connectivity index (χ1v) is 9.80. The second kappa shape index (κ2) is 6.08. The second-order valence-corrected chi connectivity index (χ2v) is 7.93. The van der Waals surface area contributed by atoms with Gasteiger partial charge in [-0.1, -0.05) is 48.5 Å². The van der Waals surface area contributed by atoms with Crippen molar-refractivity contribution in [1.29, 1.82) is 0 Å². The molecule has 1 unspecified atom stereocenters. The molecule has 3 nitrogen and oxygen atoms in total. The Hall–Kier alpha value is -2.43. The highest BCUT2D eigenvalue weighted by atomic mass is 35.5. The number of para-hydroxylation sites is 1. The average molecular weight is 378 g/mol. The van der Waals surface area contributed by atoms with E-state index in [9.17, 15) is 0 Å². The van der Waals surface area contributed by atoms with Gasteiger partial charge in [0.25, 0.3) is 0 Å². The molecule has 1 aliphatic heterocycles. The molecule has 0 bridgehead atoms. The zero-order valence-electron chi connectivity index (χ0n) is 14.2. The van der Waals surface area contributed by atoms with Crippen molar-refractivity contribution in [2.75, 3.05) is 4.90 Å². The molecule has 0 amide bonds. The number of anilines is 2. The third-order valence-corrected chi connectivity index (χ3v) is 6.09. The van der Waals surface area contributed by atoms with E-state index in [0.717, 1.165) is 22.5 Å². The number of benzene rings is 2. The summed E-state index contributed by atoms with van der Waals surface area (Å²) in [6.45, 7) is 2.23. The van der Waals surface area contributed by atoms with E-state index in [-0.39, 0.29) is 0 Å². The quantitative estimate of drug-likeness (QED) is 0.395. The highest BCUT2D eigenvalue weighted by molar-refractivity contribution is 7.22. The molecular formula is C21H16ClN3S. The molecule has 0 spiro atoms. The van der Waals surface area contributed by atoms with Crippen molar-refractivity contribution in [2.24, 2.45) is 0 Å². The van der Waals surface area contributed by atoms with Gasteiger partial charge in [0.15, 0.2) is 0 Å². The zero-order valence-corrected chi connectivity index (χ0v) is 15.8. The molecule has 3 heterocycles. The van der Waals surface area contributed by atoms with E-state index < -0.39 is 0 Å². The van der Waals surface area contributed by atoms with Crippen LogP contribution in [0.1, 0.15) is 12.5 Å². The summed E-state index contributed by atoms with van der Waals surface area (Å²) in [6.07, 6.45) is 1.01. The van der Waals surface area contributed by atoms with Gasteiger partial charge >= 0.3 is 0 Å². The van der Waals surface area contributed by atoms with Crippen LogP contribution >= 0.6 is 22.9 Å². The van der Waals surface area contributed by atoms with Gasteiger partial charge in [-0.25, -0.2) is 4.98 Å². The fraction of sp³-hybridized carbons (Fsp3) is 0.143. The van der Waals surface area contributed by atoms with E-state index in [1.165, 1.54) is 21.7 Å². The molecule has 1 atom stereocenters. The molecule has 26 heavy (non-hydrogen) atoms. The number of thiophene rings is 1. The first kappa shape index (κ1) is 15.8. The minimum Gasteiger partial charge on any atom is -0.322 e. The van der Waals surface area contributed by atoms with Crippen molar-refractivity contribution in [3.05, 3.63) is 71.5 Å². The Bertz CT molecular complexity index is 1110. The van der Waals surface area contributed by atoms with Gasteiger partial charge in [0, 0.05) is 16.6 Å². The first-order valence-electron chi connectivity index (χ1n) is 8.60. The lowest BCUT2D eigenvalue weighted by Crippen LogP contribution is -2.25.